The Hall–Kier alpha value is -1.89. The highest BCUT2D eigenvalue weighted by molar-refractivity contribution is 7.92. The first kappa shape index (κ1) is 17.2. The van der Waals surface area contributed by atoms with Crippen LogP contribution in [0.25, 0.3) is 0 Å². The molecule has 1 unspecified atom stereocenters. The maximum absolute atomic E-state index is 12.5. The number of carbonyl (C=O) groups excluding carboxylic acids is 1. The van der Waals surface area contributed by atoms with Gasteiger partial charge in [-0.2, -0.15) is 0 Å². The van der Waals surface area contributed by atoms with E-state index in [9.17, 15) is 18.0 Å². The standard InChI is InChI=1S/C14H19NO5S/c1-5-15-13(16)10(4)21(19,20)12-7-11(14(17)18)8(2)6-9(12)3/h6-7,10H,5H2,1-4H3,(H,15,16)(H,17,18). The molecule has 2 N–H and O–H groups in total. The summed E-state index contributed by atoms with van der Waals surface area (Å²) in [4.78, 5) is 22.8. The molecule has 1 atom stereocenters. The van der Waals surface area contributed by atoms with Gasteiger partial charge in [-0.1, -0.05) is 6.07 Å². The number of nitrogens with one attached hydrogen (secondary N) is 1. The number of carboxylic acid groups (broad SMARTS) is 1. The molecule has 0 saturated heterocycles. The zero-order valence-corrected chi connectivity index (χ0v) is 13.2. The minimum atomic E-state index is -3.94. The van der Waals surface area contributed by atoms with Gasteiger partial charge in [-0.25, -0.2) is 13.2 Å². The fourth-order valence-electron chi connectivity index (χ4n) is 2.02. The van der Waals surface area contributed by atoms with E-state index in [2.05, 4.69) is 5.32 Å². The summed E-state index contributed by atoms with van der Waals surface area (Å²) in [5.41, 5.74) is 0.820. The average molecular weight is 313 g/mol. The minimum absolute atomic E-state index is 0.0812. The van der Waals surface area contributed by atoms with Crippen molar-refractivity contribution in [1.29, 1.82) is 0 Å². The van der Waals surface area contributed by atoms with Gasteiger partial charge < -0.3 is 10.4 Å². The van der Waals surface area contributed by atoms with Crippen LogP contribution in [0.2, 0.25) is 0 Å². The van der Waals surface area contributed by atoms with Gasteiger partial charge in [0.1, 0.15) is 5.25 Å². The third kappa shape index (κ3) is 3.41. The summed E-state index contributed by atoms with van der Waals surface area (Å²) in [5, 5.41) is 10.3. The Morgan fingerprint density at radius 2 is 1.81 bits per heavy atom. The maximum atomic E-state index is 12.5. The topological polar surface area (TPSA) is 101 Å². The van der Waals surface area contributed by atoms with Crippen molar-refractivity contribution in [3.63, 3.8) is 0 Å². The van der Waals surface area contributed by atoms with Crippen LogP contribution in [-0.2, 0) is 14.6 Å². The predicted molar refractivity (Wildman–Crippen MR) is 78.2 cm³/mol. The lowest BCUT2D eigenvalue weighted by Crippen LogP contribution is -2.38. The molecule has 0 aliphatic rings. The summed E-state index contributed by atoms with van der Waals surface area (Å²) in [6.45, 7) is 6.49. The molecule has 6 nitrogen and oxygen atoms in total. The summed E-state index contributed by atoms with van der Waals surface area (Å²) < 4.78 is 25.0. The molecule has 0 spiro atoms. The zero-order chi connectivity index (χ0) is 16.4. The Morgan fingerprint density at radius 1 is 1.24 bits per heavy atom. The monoisotopic (exact) mass is 313 g/mol. The van der Waals surface area contributed by atoms with E-state index in [1.807, 2.05) is 0 Å². The number of aromatic carboxylic acids is 1. The van der Waals surface area contributed by atoms with Crippen molar-refractivity contribution in [3.05, 3.63) is 28.8 Å². The van der Waals surface area contributed by atoms with E-state index in [0.717, 1.165) is 6.07 Å². The zero-order valence-electron chi connectivity index (χ0n) is 12.4. The summed E-state index contributed by atoms with van der Waals surface area (Å²) in [6.07, 6.45) is 0. The highest BCUT2D eigenvalue weighted by Crippen LogP contribution is 2.24. The molecule has 0 saturated carbocycles. The lowest BCUT2D eigenvalue weighted by Gasteiger charge is -2.15. The van der Waals surface area contributed by atoms with Crippen LogP contribution in [0, 0.1) is 13.8 Å². The van der Waals surface area contributed by atoms with E-state index in [-0.39, 0.29) is 10.5 Å². The molecular formula is C14H19NO5S. The fourth-order valence-corrected chi connectivity index (χ4v) is 3.55. The molecular weight excluding hydrogens is 294 g/mol. The Balaban J connectivity index is 3.41. The first-order valence-corrected chi connectivity index (χ1v) is 8.03. The minimum Gasteiger partial charge on any atom is -0.478 e. The summed E-state index contributed by atoms with van der Waals surface area (Å²) in [7, 11) is -3.94. The second-order valence-electron chi connectivity index (χ2n) is 4.82. The van der Waals surface area contributed by atoms with E-state index in [0.29, 0.717) is 17.7 Å². The van der Waals surface area contributed by atoms with Gasteiger partial charge in [-0.05, 0) is 44.9 Å². The number of hydrogen-bond acceptors (Lipinski definition) is 4. The summed E-state index contributed by atoms with van der Waals surface area (Å²) >= 11 is 0. The molecule has 0 aromatic heterocycles. The van der Waals surface area contributed by atoms with Gasteiger partial charge in [-0.15, -0.1) is 0 Å². The smallest absolute Gasteiger partial charge is 0.335 e. The van der Waals surface area contributed by atoms with Crippen molar-refractivity contribution < 1.29 is 23.1 Å². The van der Waals surface area contributed by atoms with E-state index in [1.165, 1.54) is 13.0 Å². The summed E-state index contributed by atoms with van der Waals surface area (Å²) in [6, 6.07) is 2.62. The molecule has 116 valence electrons. The van der Waals surface area contributed by atoms with Crippen LogP contribution in [0.4, 0.5) is 0 Å². The predicted octanol–water partition coefficient (Wildman–Crippen LogP) is 1.30. The summed E-state index contributed by atoms with van der Waals surface area (Å²) in [5.74, 6) is -1.80. The van der Waals surface area contributed by atoms with Crippen molar-refractivity contribution in [2.75, 3.05) is 6.54 Å². The van der Waals surface area contributed by atoms with Crippen LogP contribution in [0.1, 0.15) is 35.3 Å². The van der Waals surface area contributed by atoms with E-state index < -0.39 is 27.0 Å². The molecule has 1 rings (SSSR count). The first-order valence-electron chi connectivity index (χ1n) is 6.49. The molecule has 0 bridgehead atoms. The largest absolute Gasteiger partial charge is 0.478 e. The van der Waals surface area contributed by atoms with Crippen molar-refractivity contribution in [2.45, 2.75) is 37.8 Å². The normalized spacial score (nSPS) is 12.8. The molecule has 1 aromatic carbocycles. The van der Waals surface area contributed by atoms with Crippen LogP contribution in [-0.4, -0.2) is 37.2 Å². The van der Waals surface area contributed by atoms with Crippen molar-refractivity contribution >= 4 is 21.7 Å². The van der Waals surface area contributed by atoms with Crippen molar-refractivity contribution in [2.24, 2.45) is 0 Å². The van der Waals surface area contributed by atoms with E-state index in [4.69, 9.17) is 5.11 Å². The number of hydrogen-bond donors (Lipinski definition) is 2. The van der Waals surface area contributed by atoms with Gasteiger partial charge in [0.15, 0.2) is 9.84 Å². The second-order valence-corrected chi connectivity index (χ2v) is 7.06. The molecule has 21 heavy (non-hydrogen) atoms. The highest BCUT2D eigenvalue weighted by atomic mass is 32.2. The van der Waals surface area contributed by atoms with Gasteiger partial charge in [0.25, 0.3) is 0 Å². The van der Waals surface area contributed by atoms with Gasteiger partial charge in [-0.3, -0.25) is 4.79 Å². The third-order valence-electron chi connectivity index (χ3n) is 3.24. The SMILES string of the molecule is CCNC(=O)C(C)S(=O)(=O)c1cc(C(=O)O)c(C)cc1C. The van der Waals surface area contributed by atoms with Crippen molar-refractivity contribution in [3.8, 4) is 0 Å². The van der Waals surface area contributed by atoms with Crippen LogP contribution < -0.4 is 5.32 Å². The molecule has 1 aromatic rings. The number of carboxylic acids is 1. The third-order valence-corrected chi connectivity index (χ3v) is 5.44. The maximum Gasteiger partial charge on any atom is 0.335 e. The van der Waals surface area contributed by atoms with Gasteiger partial charge in [0.2, 0.25) is 5.91 Å². The molecule has 1 amide bonds. The number of sulfone groups is 1. The Morgan fingerprint density at radius 3 is 2.29 bits per heavy atom. The number of benzene rings is 1. The Labute approximate surface area is 124 Å². The Kier molecular flexibility index (Phi) is 5.11. The highest BCUT2D eigenvalue weighted by Gasteiger charge is 2.31. The molecule has 0 heterocycles. The molecule has 7 heteroatoms. The number of aryl methyl sites for hydroxylation is 2. The quantitative estimate of drug-likeness (QED) is 0.853. The first-order chi connectivity index (χ1) is 9.62. The number of amides is 1. The lowest BCUT2D eigenvalue weighted by molar-refractivity contribution is -0.120. The lowest BCUT2D eigenvalue weighted by atomic mass is 10.1. The Bertz CT molecular complexity index is 679. The van der Waals surface area contributed by atoms with Crippen LogP contribution in [0.15, 0.2) is 17.0 Å². The van der Waals surface area contributed by atoms with Crippen molar-refractivity contribution in [1.82, 2.24) is 5.32 Å². The number of rotatable bonds is 5. The molecule has 0 radical (unpaired) electrons. The molecule has 0 fully saturated rings. The van der Waals surface area contributed by atoms with Gasteiger partial charge in [0, 0.05) is 6.54 Å². The average Bonchev–Trinajstić information content (AvgIpc) is 2.37. The van der Waals surface area contributed by atoms with Crippen LogP contribution in [0.5, 0.6) is 0 Å². The van der Waals surface area contributed by atoms with Gasteiger partial charge in [0.05, 0.1) is 10.5 Å². The second kappa shape index (κ2) is 6.26. The number of carbonyl (C=O) groups is 2. The molecule has 0 aliphatic carbocycles. The van der Waals surface area contributed by atoms with Gasteiger partial charge >= 0.3 is 5.97 Å². The molecule has 0 aliphatic heterocycles. The van der Waals surface area contributed by atoms with E-state index in [1.54, 1.807) is 20.8 Å². The van der Waals surface area contributed by atoms with Crippen LogP contribution >= 0.6 is 0 Å². The van der Waals surface area contributed by atoms with Crippen LogP contribution in [0.3, 0.4) is 0 Å². The van der Waals surface area contributed by atoms with E-state index >= 15 is 0 Å². The fraction of sp³-hybridized carbons (Fsp3) is 0.429.